The summed E-state index contributed by atoms with van der Waals surface area (Å²) in [5.41, 5.74) is 29.4. The van der Waals surface area contributed by atoms with Crippen molar-refractivity contribution in [2.45, 2.75) is 0 Å². The van der Waals surface area contributed by atoms with Crippen LogP contribution in [-0.2, 0) is 91.5 Å². The van der Waals surface area contributed by atoms with Crippen molar-refractivity contribution in [3.63, 3.8) is 0 Å². The number of rotatable bonds is 3. The van der Waals surface area contributed by atoms with Gasteiger partial charge in [0.25, 0.3) is 0 Å². The molecule has 18 heavy (non-hydrogen) atoms. The first-order valence-electron chi connectivity index (χ1n) is 3.95. The van der Waals surface area contributed by atoms with E-state index < -0.39 is 0 Å². The summed E-state index contributed by atoms with van der Waals surface area (Å²) in [7, 11) is 0. The van der Waals surface area contributed by atoms with Gasteiger partial charge in [0.2, 0.25) is 0 Å². The molecule has 0 fully saturated rings. The van der Waals surface area contributed by atoms with Crippen LogP contribution in [-0.4, -0.2) is 39.3 Å². The van der Waals surface area contributed by atoms with Gasteiger partial charge in [-0.1, -0.05) is 0 Å². The molecule has 0 aromatic carbocycles. The molecule has 0 aromatic heterocycles. The average molecular weight is 463 g/mol. The fourth-order valence-corrected chi connectivity index (χ4v) is 0. The van der Waals surface area contributed by atoms with Crippen molar-refractivity contribution in [3.8, 4) is 0 Å². The van der Waals surface area contributed by atoms with Crippen LogP contribution in [0, 0.1) is 0 Å². The molecule has 0 bridgehead atoms. The van der Waals surface area contributed by atoms with E-state index in [2.05, 4.69) is 0 Å². The first kappa shape index (κ1) is 59.2. The summed E-state index contributed by atoms with van der Waals surface area (Å²) in [4.78, 5) is 0. The molecule has 0 aliphatic carbocycles. The minimum atomic E-state index is 0. The van der Waals surface area contributed by atoms with E-state index in [0.29, 0.717) is 39.3 Å². The van der Waals surface area contributed by atoms with Gasteiger partial charge in [0.1, 0.15) is 0 Å². The fourth-order valence-electron chi connectivity index (χ4n) is 0. The van der Waals surface area contributed by atoms with Crippen molar-refractivity contribution in [3.05, 3.63) is 0 Å². The maximum absolute atomic E-state index is 4.90. The topological polar surface area (TPSA) is 156 Å². The van der Waals surface area contributed by atoms with Crippen molar-refractivity contribution in [1.29, 1.82) is 0 Å². The van der Waals surface area contributed by atoms with E-state index in [1.807, 2.05) is 0 Å². The number of hydrogen-bond acceptors (Lipinski definition) is 6. The molecule has 0 aliphatic rings. The third-order valence-corrected chi connectivity index (χ3v) is 0.500. The molecule has 0 saturated heterocycles. The minimum absolute atomic E-state index is 0. The molecular formula is C6H24MoN6NiS4-5. The van der Waals surface area contributed by atoms with E-state index in [1.165, 1.54) is 0 Å². The summed E-state index contributed by atoms with van der Waals surface area (Å²) in [5, 5.41) is 0. The molecule has 0 saturated carbocycles. The SMILES string of the molecule is NCCN.NCCN.NCCN.[Mo].[Ni+3].[S-2].[S-2].[S-2].[S-2]. The van der Waals surface area contributed by atoms with E-state index in [4.69, 9.17) is 34.4 Å². The summed E-state index contributed by atoms with van der Waals surface area (Å²) >= 11 is 0. The Balaban J connectivity index is -0.00000000827. The van der Waals surface area contributed by atoms with Gasteiger partial charge in [-0.25, -0.2) is 0 Å². The van der Waals surface area contributed by atoms with E-state index in [0.717, 1.165) is 0 Å². The Morgan fingerprint density at radius 1 is 0.389 bits per heavy atom. The number of nitrogens with two attached hydrogens (primary N) is 6. The average Bonchev–Trinajstić information content (AvgIpc) is 2.18. The standard InChI is InChI=1S/3C2H8N2.Mo.Ni.4S/c3*3-1-2-4;;;;;;/h3*1-4H2;;;;;;/q;;;;+3;4*-2. The van der Waals surface area contributed by atoms with Crippen LogP contribution in [0.5, 0.6) is 0 Å². The van der Waals surface area contributed by atoms with Gasteiger partial charge in [0, 0.05) is 60.3 Å². The van der Waals surface area contributed by atoms with E-state index in [-0.39, 0.29) is 91.5 Å². The molecule has 0 atom stereocenters. The smallest absolute Gasteiger partial charge is 2.00 e. The maximum Gasteiger partial charge on any atom is 3.00 e. The molecule has 0 spiro atoms. The van der Waals surface area contributed by atoms with Crippen molar-refractivity contribution in [2.75, 3.05) is 39.3 Å². The molecular weight excluding hydrogens is 439 g/mol. The number of hydrogen-bond donors (Lipinski definition) is 6. The molecule has 0 aromatic rings. The summed E-state index contributed by atoms with van der Waals surface area (Å²) in [6.07, 6.45) is 0. The van der Waals surface area contributed by atoms with Crippen LogP contribution < -0.4 is 34.4 Å². The van der Waals surface area contributed by atoms with Crippen molar-refractivity contribution < 1.29 is 37.6 Å². The summed E-state index contributed by atoms with van der Waals surface area (Å²) < 4.78 is 0. The van der Waals surface area contributed by atoms with Gasteiger partial charge in [-0.15, -0.1) is 0 Å². The van der Waals surface area contributed by atoms with Gasteiger partial charge in [-0.3, -0.25) is 0 Å². The van der Waals surface area contributed by atoms with Crippen LogP contribution in [0.25, 0.3) is 0 Å². The molecule has 0 rings (SSSR count). The van der Waals surface area contributed by atoms with Crippen LogP contribution in [0.2, 0.25) is 0 Å². The van der Waals surface area contributed by atoms with E-state index >= 15 is 0 Å². The van der Waals surface area contributed by atoms with Crippen molar-refractivity contribution >= 4 is 54.0 Å². The first-order chi connectivity index (χ1) is 5.74. The van der Waals surface area contributed by atoms with Gasteiger partial charge in [0.15, 0.2) is 0 Å². The second kappa shape index (κ2) is 93.5. The predicted molar refractivity (Wildman–Crippen MR) is 83.8 cm³/mol. The first-order valence-corrected chi connectivity index (χ1v) is 3.95. The second-order valence-corrected chi connectivity index (χ2v) is 1.73. The van der Waals surface area contributed by atoms with Crippen LogP contribution in [0.15, 0.2) is 0 Å². The largest absolute Gasteiger partial charge is 3.00 e. The third-order valence-electron chi connectivity index (χ3n) is 0.500. The van der Waals surface area contributed by atoms with E-state index in [9.17, 15) is 0 Å². The van der Waals surface area contributed by atoms with Gasteiger partial charge < -0.3 is 88.4 Å². The van der Waals surface area contributed by atoms with Crippen molar-refractivity contribution in [2.24, 2.45) is 34.4 Å². The Hall–Kier alpha value is 2.34. The minimum Gasteiger partial charge on any atom is -2.00 e. The van der Waals surface area contributed by atoms with Gasteiger partial charge >= 0.3 is 16.5 Å². The van der Waals surface area contributed by atoms with Gasteiger partial charge in [0.05, 0.1) is 0 Å². The summed E-state index contributed by atoms with van der Waals surface area (Å²) in [6.45, 7) is 3.58. The quantitative estimate of drug-likeness (QED) is 0.241. The second-order valence-electron chi connectivity index (χ2n) is 1.73. The monoisotopic (exact) mass is 464 g/mol. The van der Waals surface area contributed by atoms with Gasteiger partial charge in [-0.05, 0) is 0 Å². The molecule has 123 valence electrons. The zero-order chi connectivity index (χ0) is 10.2. The molecule has 0 unspecified atom stereocenters. The van der Waals surface area contributed by atoms with Crippen LogP contribution in [0.4, 0.5) is 0 Å². The molecule has 6 nitrogen and oxygen atoms in total. The Kier molecular flexibility index (Phi) is 307. The maximum atomic E-state index is 4.90. The van der Waals surface area contributed by atoms with Crippen LogP contribution in [0.3, 0.4) is 0 Å². The molecule has 12 N–H and O–H groups in total. The Bertz CT molecular complexity index is 51.5. The van der Waals surface area contributed by atoms with Gasteiger partial charge in [-0.2, -0.15) is 0 Å². The van der Waals surface area contributed by atoms with E-state index in [1.54, 1.807) is 0 Å². The van der Waals surface area contributed by atoms with Crippen LogP contribution in [0.1, 0.15) is 0 Å². The molecule has 0 amide bonds. The molecule has 0 aliphatic heterocycles. The molecule has 1 radical (unpaired) electrons. The predicted octanol–water partition coefficient (Wildman–Crippen LogP) is -3.30. The van der Waals surface area contributed by atoms with Crippen LogP contribution >= 0.6 is 0 Å². The molecule has 0 heterocycles. The molecule has 12 heteroatoms. The third kappa shape index (κ3) is 193. The fraction of sp³-hybridized carbons (Fsp3) is 1.00. The Labute approximate surface area is 164 Å². The summed E-state index contributed by atoms with van der Waals surface area (Å²) in [5.74, 6) is 0. The zero-order valence-corrected chi connectivity index (χ0v) is 16.3. The Morgan fingerprint density at radius 2 is 0.444 bits per heavy atom. The Morgan fingerprint density at radius 3 is 0.444 bits per heavy atom. The zero-order valence-electron chi connectivity index (χ0n) is 10.1. The summed E-state index contributed by atoms with van der Waals surface area (Å²) in [6, 6.07) is 0. The van der Waals surface area contributed by atoms with Crippen molar-refractivity contribution in [1.82, 2.24) is 0 Å². The normalized spacial score (nSPS) is 5.00.